The first-order valence-electron chi connectivity index (χ1n) is 13.6. The van der Waals surface area contributed by atoms with Gasteiger partial charge in [0.2, 0.25) is 0 Å². The van der Waals surface area contributed by atoms with E-state index in [-0.39, 0.29) is 17.2 Å². The van der Waals surface area contributed by atoms with Gasteiger partial charge in [-0.2, -0.15) is 0 Å². The number of amides is 1. The number of para-hydroxylation sites is 1. The number of carbonyl (C=O) groups is 1. The Morgan fingerprint density at radius 3 is 2.61 bits per heavy atom. The number of ether oxygens (including phenoxy) is 1. The highest BCUT2D eigenvalue weighted by molar-refractivity contribution is 7.07. The topological polar surface area (TPSA) is 129 Å². The molecule has 0 saturated carbocycles. The number of nitro groups is 1. The maximum Gasteiger partial charge on any atom is 0.280 e. The number of methoxy groups -OCH3 is 1. The van der Waals surface area contributed by atoms with E-state index in [4.69, 9.17) is 9.15 Å². The Balaban J connectivity index is 1.46. The lowest BCUT2D eigenvalue weighted by Crippen LogP contribution is -2.40. The fourth-order valence-corrected chi connectivity index (χ4v) is 6.19. The predicted molar refractivity (Wildman–Crippen MR) is 167 cm³/mol. The second kappa shape index (κ2) is 11.6. The van der Waals surface area contributed by atoms with Crippen LogP contribution in [-0.4, -0.2) is 22.5 Å². The van der Waals surface area contributed by atoms with Crippen molar-refractivity contribution in [3.05, 3.63) is 143 Å². The molecule has 0 saturated heterocycles. The third-order valence-electron chi connectivity index (χ3n) is 7.22. The number of nitrogens with zero attached hydrogens (tertiary/aromatic N) is 3. The van der Waals surface area contributed by atoms with E-state index in [1.54, 1.807) is 81.6 Å². The Bertz CT molecular complexity index is 2140. The van der Waals surface area contributed by atoms with Crippen LogP contribution in [0.25, 0.3) is 17.4 Å². The zero-order valence-electron chi connectivity index (χ0n) is 23.9. The van der Waals surface area contributed by atoms with E-state index in [1.807, 2.05) is 24.3 Å². The van der Waals surface area contributed by atoms with Gasteiger partial charge in [0.25, 0.3) is 17.2 Å². The summed E-state index contributed by atoms with van der Waals surface area (Å²) in [6, 6.07) is 23.7. The standard InChI is InChI=1S/C33H26N4O6S/c1-19-12-14-25(26(16-19)37(40)41)27-15-13-24(43-27)18-28-32(39)36-30(21-8-7-11-23(17-21)42-3)29(20(2)34-33(36)44-28)31(38)35-22-9-5-4-6-10-22/h4-18,30H,1-3H3,(H,35,38)/b28-18-/t30-/m1/s1. The van der Waals surface area contributed by atoms with Crippen LogP contribution in [0.1, 0.15) is 29.9 Å². The number of anilines is 1. The number of aromatic nitrogens is 1. The molecular formula is C33H26N4O6S. The minimum absolute atomic E-state index is 0.0691. The molecule has 1 N–H and O–H groups in total. The Kier molecular flexibility index (Phi) is 7.54. The zero-order valence-corrected chi connectivity index (χ0v) is 24.8. The maximum atomic E-state index is 14.0. The average Bonchev–Trinajstić information content (AvgIpc) is 3.60. The maximum absolute atomic E-state index is 14.0. The molecule has 0 fully saturated rings. The number of fused-ring (bicyclic) bond motifs is 1. The van der Waals surface area contributed by atoms with Gasteiger partial charge < -0.3 is 14.5 Å². The van der Waals surface area contributed by atoms with Gasteiger partial charge in [0.15, 0.2) is 4.80 Å². The molecule has 2 aromatic heterocycles. The predicted octanol–water partition coefficient (Wildman–Crippen LogP) is 5.36. The second-order valence-electron chi connectivity index (χ2n) is 10.2. The van der Waals surface area contributed by atoms with Crippen molar-refractivity contribution < 1.29 is 18.9 Å². The molecule has 10 nitrogen and oxygen atoms in total. The van der Waals surface area contributed by atoms with E-state index in [2.05, 4.69) is 10.3 Å². The SMILES string of the molecule is COc1cccc([C@@H]2C(C(=O)Nc3ccccc3)=C(C)N=c3s/c(=C\c4ccc(-c5ccc(C)cc5[N+](=O)[O-])o4)c(=O)n32)c1. The fourth-order valence-electron chi connectivity index (χ4n) is 5.16. The first-order valence-corrected chi connectivity index (χ1v) is 14.4. The van der Waals surface area contributed by atoms with E-state index in [9.17, 15) is 19.7 Å². The molecule has 220 valence electrons. The van der Waals surface area contributed by atoms with Crippen LogP contribution < -0.4 is 24.9 Å². The molecule has 1 amide bonds. The molecule has 0 unspecified atom stereocenters. The highest BCUT2D eigenvalue weighted by atomic mass is 32.1. The summed E-state index contributed by atoms with van der Waals surface area (Å²) in [5, 5.41) is 14.6. The summed E-state index contributed by atoms with van der Waals surface area (Å²) < 4.78 is 13.2. The van der Waals surface area contributed by atoms with Crippen LogP contribution in [0.3, 0.4) is 0 Å². The minimum Gasteiger partial charge on any atom is -0.497 e. The van der Waals surface area contributed by atoms with Crippen molar-refractivity contribution in [2.75, 3.05) is 12.4 Å². The van der Waals surface area contributed by atoms with E-state index in [1.165, 1.54) is 10.6 Å². The van der Waals surface area contributed by atoms with E-state index < -0.39 is 11.0 Å². The number of furan rings is 1. The van der Waals surface area contributed by atoms with Crippen molar-refractivity contribution in [3.63, 3.8) is 0 Å². The summed E-state index contributed by atoms with van der Waals surface area (Å²) >= 11 is 1.16. The number of thiazole rings is 1. The summed E-state index contributed by atoms with van der Waals surface area (Å²) in [4.78, 5) is 44.0. The number of benzene rings is 3. The van der Waals surface area contributed by atoms with E-state index in [0.29, 0.717) is 54.7 Å². The van der Waals surface area contributed by atoms with Crippen LogP contribution in [0.2, 0.25) is 0 Å². The van der Waals surface area contributed by atoms with E-state index in [0.717, 1.165) is 16.9 Å². The van der Waals surface area contributed by atoms with Crippen molar-refractivity contribution in [2.45, 2.75) is 19.9 Å². The average molecular weight is 607 g/mol. The molecule has 5 aromatic rings. The van der Waals surface area contributed by atoms with Gasteiger partial charge >= 0.3 is 0 Å². The highest BCUT2D eigenvalue weighted by Crippen LogP contribution is 2.34. The molecule has 1 atom stereocenters. The van der Waals surface area contributed by atoms with Gasteiger partial charge in [-0.25, -0.2) is 4.99 Å². The van der Waals surface area contributed by atoms with Gasteiger partial charge in [-0.1, -0.05) is 47.7 Å². The van der Waals surface area contributed by atoms with Crippen LogP contribution in [-0.2, 0) is 4.79 Å². The lowest BCUT2D eigenvalue weighted by molar-refractivity contribution is -0.384. The van der Waals surface area contributed by atoms with Crippen molar-refractivity contribution in [1.82, 2.24) is 4.57 Å². The van der Waals surface area contributed by atoms with Crippen LogP contribution in [0.5, 0.6) is 5.75 Å². The summed E-state index contributed by atoms with van der Waals surface area (Å²) in [6.45, 7) is 3.53. The van der Waals surface area contributed by atoms with Crippen LogP contribution >= 0.6 is 11.3 Å². The number of hydrogen-bond acceptors (Lipinski definition) is 8. The molecule has 11 heteroatoms. The third-order valence-corrected chi connectivity index (χ3v) is 8.21. The molecule has 3 heterocycles. The second-order valence-corrected chi connectivity index (χ2v) is 11.2. The summed E-state index contributed by atoms with van der Waals surface area (Å²) in [5.74, 6) is 0.849. The van der Waals surface area contributed by atoms with Crippen LogP contribution in [0.15, 0.2) is 110 Å². The molecule has 3 aromatic carbocycles. The van der Waals surface area contributed by atoms with Crippen molar-refractivity contribution in [2.24, 2.45) is 4.99 Å². The fraction of sp³-hybridized carbons (Fsp3) is 0.121. The largest absolute Gasteiger partial charge is 0.497 e. The zero-order chi connectivity index (χ0) is 31.0. The molecule has 0 spiro atoms. The third kappa shape index (κ3) is 5.36. The first kappa shape index (κ1) is 28.6. The number of nitrogens with one attached hydrogen (secondary N) is 1. The van der Waals surface area contributed by atoms with Crippen molar-refractivity contribution in [3.8, 4) is 17.1 Å². The van der Waals surface area contributed by atoms with E-state index >= 15 is 0 Å². The molecule has 44 heavy (non-hydrogen) atoms. The summed E-state index contributed by atoms with van der Waals surface area (Å²) in [6.07, 6.45) is 1.58. The number of hydrogen-bond donors (Lipinski definition) is 1. The number of nitro benzene ring substituents is 1. The number of aryl methyl sites for hydroxylation is 1. The first-order chi connectivity index (χ1) is 21.2. The smallest absolute Gasteiger partial charge is 0.280 e. The summed E-state index contributed by atoms with van der Waals surface area (Å²) in [5.41, 5.74) is 2.76. The quantitative estimate of drug-likeness (QED) is 0.196. The molecule has 0 aliphatic carbocycles. The van der Waals surface area contributed by atoms with Crippen molar-refractivity contribution >= 4 is 34.7 Å². The van der Waals surface area contributed by atoms with Gasteiger partial charge in [-0.15, -0.1) is 0 Å². The molecular weight excluding hydrogens is 580 g/mol. The van der Waals surface area contributed by atoms with Gasteiger partial charge in [0, 0.05) is 17.8 Å². The molecule has 6 rings (SSSR count). The van der Waals surface area contributed by atoms with Gasteiger partial charge in [0.05, 0.1) is 39.4 Å². The normalized spacial score (nSPS) is 14.6. The lowest BCUT2D eigenvalue weighted by atomic mass is 9.95. The van der Waals surface area contributed by atoms with Crippen LogP contribution in [0, 0.1) is 17.0 Å². The Morgan fingerprint density at radius 1 is 1.07 bits per heavy atom. The van der Waals surface area contributed by atoms with Crippen molar-refractivity contribution in [1.29, 1.82) is 0 Å². The number of rotatable bonds is 7. The minimum atomic E-state index is -0.783. The number of allylic oxidation sites excluding steroid dienone is 1. The monoisotopic (exact) mass is 606 g/mol. The molecule has 0 radical (unpaired) electrons. The number of carbonyl (C=O) groups excluding carboxylic acids is 1. The van der Waals surface area contributed by atoms with Gasteiger partial charge in [0.1, 0.15) is 17.3 Å². The lowest BCUT2D eigenvalue weighted by Gasteiger charge is -2.25. The molecule has 1 aliphatic heterocycles. The van der Waals surface area contributed by atoms with Gasteiger partial charge in [-0.3, -0.25) is 24.3 Å². The van der Waals surface area contributed by atoms with Gasteiger partial charge in [-0.05, 0) is 67.4 Å². The summed E-state index contributed by atoms with van der Waals surface area (Å²) in [7, 11) is 1.55. The molecule has 1 aliphatic rings. The highest BCUT2D eigenvalue weighted by Gasteiger charge is 2.33. The van der Waals surface area contributed by atoms with Crippen LogP contribution in [0.4, 0.5) is 11.4 Å². The Morgan fingerprint density at radius 2 is 1.86 bits per heavy atom. The Hall–Kier alpha value is -5.55. The Labute approximate surface area is 255 Å². The molecule has 0 bridgehead atoms.